The second-order valence-electron chi connectivity index (χ2n) is 5.86. The summed E-state index contributed by atoms with van der Waals surface area (Å²) in [5.74, 6) is 0.0373. The summed E-state index contributed by atoms with van der Waals surface area (Å²) in [5.41, 5.74) is 2.29. The Bertz CT molecular complexity index is 681. The number of rotatable bonds is 5. The number of anilines is 1. The molecule has 3 rings (SSSR count). The standard InChI is InChI=1S/C17H23N5OS.ClH/c1-3-22(13(2)23)17-20-15(12-24-17)11-21-9-8-19-10-16(21)14-4-6-18-7-5-14;/h4-7,12,16,19H,3,8-11H2,1-2H3;1H. The smallest absolute Gasteiger partial charge is 0.225 e. The highest BCUT2D eigenvalue weighted by Crippen LogP contribution is 2.26. The van der Waals surface area contributed by atoms with Gasteiger partial charge in [0.05, 0.1) is 5.69 Å². The zero-order valence-corrected chi connectivity index (χ0v) is 16.1. The Morgan fingerprint density at radius 1 is 1.44 bits per heavy atom. The van der Waals surface area contributed by atoms with Crippen molar-refractivity contribution in [2.75, 3.05) is 31.1 Å². The predicted octanol–water partition coefficient (Wildman–Crippen LogP) is 2.48. The van der Waals surface area contributed by atoms with Gasteiger partial charge in [-0.3, -0.25) is 19.6 Å². The summed E-state index contributed by atoms with van der Waals surface area (Å²) in [6, 6.07) is 4.47. The van der Waals surface area contributed by atoms with Gasteiger partial charge in [-0.05, 0) is 24.6 Å². The molecule has 1 atom stereocenters. The van der Waals surface area contributed by atoms with Crippen molar-refractivity contribution < 1.29 is 4.79 Å². The van der Waals surface area contributed by atoms with Gasteiger partial charge in [0.15, 0.2) is 5.13 Å². The Kier molecular flexibility index (Phi) is 7.31. The van der Waals surface area contributed by atoms with Crippen LogP contribution in [-0.4, -0.2) is 47.0 Å². The van der Waals surface area contributed by atoms with Gasteiger partial charge in [0.25, 0.3) is 0 Å². The average molecular weight is 382 g/mol. The molecule has 2 aromatic heterocycles. The molecule has 8 heteroatoms. The van der Waals surface area contributed by atoms with Gasteiger partial charge < -0.3 is 5.32 Å². The van der Waals surface area contributed by atoms with Crippen molar-refractivity contribution in [3.63, 3.8) is 0 Å². The molecule has 0 spiro atoms. The molecule has 3 heterocycles. The summed E-state index contributed by atoms with van der Waals surface area (Å²) in [6.45, 7) is 7.88. The Balaban J connectivity index is 0.00000225. The van der Waals surface area contributed by atoms with Gasteiger partial charge in [-0.1, -0.05) is 0 Å². The van der Waals surface area contributed by atoms with Crippen LogP contribution in [0.3, 0.4) is 0 Å². The molecule has 1 aliphatic heterocycles. The summed E-state index contributed by atoms with van der Waals surface area (Å²) >= 11 is 1.54. The number of carbonyl (C=O) groups is 1. The number of hydrogen-bond donors (Lipinski definition) is 1. The first-order valence-electron chi connectivity index (χ1n) is 8.26. The second-order valence-corrected chi connectivity index (χ2v) is 6.69. The van der Waals surface area contributed by atoms with E-state index in [2.05, 4.69) is 37.7 Å². The van der Waals surface area contributed by atoms with E-state index in [-0.39, 0.29) is 18.3 Å². The number of thiazole rings is 1. The first kappa shape index (κ1) is 19.8. The topological polar surface area (TPSA) is 61.4 Å². The molecule has 0 aromatic carbocycles. The molecule has 136 valence electrons. The summed E-state index contributed by atoms with van der Waals surface area (Å²) in [5, 5.41) is 6.31. The van der Waals surface area contributed by atoms with Crippen LogP contribution in [0.2, 0.25) is 0 Å². The van der Waals surface area contributed by atoms with Crippen LogP contribution in [0, 0.1) is 0 Å². The highest BCUT2D eigenvalue weighted by atomic mass is 35.5. The fourth-order valence-corrected chi connectivity index (χ4v) is 3.97. The molecular weight excluding hydrogens is 358 g/mol. The Morgan fingerprint density at radius 3 is 2.88 bits per heavy atom. The molecule has 0 aliphatic carbocycles. The van der Waals surface area contributed by atoms with E-state index in [1.165, 1.54) is 16.9 Å². The fraction of sp³-hybridized carbons (Fsp3) is 0.471. The molecule has 1 saturated heterocycles. The van der Waals surface area contributed by atoms with E-state index in [0.29, 0.717) is 12.6 Å². The highest BCUT2D eigenvalue weighted by Gasteiger charge is 2.25. The van der Waals surface area contributed by atoms with E-state index in [9.17, 15) is 4.79 Å². The van der Waals surface area contributed by atoms with Crippen molar-refractivity contribution in [1.29, 1.82) is 0 Å². The number of hydrogen-bond acceptors (Lipinski definition) is 6. The number of aromatic nitrogens is 2. The van der Waals surface area contributed by atoms with Crippen molar-refractivity contribution in [2.45, 2.75) is 26.4 Å². The van der Waals surface area contributed by atoms with Crippen LogP contribution >= 0.6 is 23.7 Å². The van der Waals surface area contributed by atoms with Crippen LogP contribution < -0.4 is 10.2 Å². The maximum atomic E-state index is 11.7. The molecular formula is C17H24ClN5OS. The monoisotopic (exact) mass is 381 g/mol. The van der Waals surface area contributed by atoms with E-state index in [1.54, 1.807) is 11.8 Å². The van der Waals surface area contributed by atoms with Crippen LogP contribution in [-0.2, 0) is 11.3 Å². The van der Waals surface area contributed by atoms with E-state index in [4.69, 9.17) is 0 Å². The third kappa shape index (κ3) is 4.76. The molecule has 0 radical (unpaired) electrons. The largest absolute Gasteiger partial charge is 0.314 e. The summed E-state index contributed by atoms with van der Waals surface area (Å²) in [7, 11) is 0. The molecule has 6 nitrogen and oxygen atoms in total. The number of nitrogens with zero attached hydrogens (tertiary/aromatic N) is 4. The highest BCUT2D eigenvalue weighted by molar-refractivity contribution is 7.14. The lowest BCUT2D eigenvalue weighted by atomic mass is 10.0. The number of carbonyl (C=O) groups excluding carboxylic acids is 1. The minimum absolute atomic E-state index is 0. The predicted molar refractivity (Wildman–Crippen MR) is 103 cm³/mol. The maximum absolute atomic E-state index is 11.7. The minimum atomic E-state index is 0. The molecule has 1 amide bonds. The molecule has 0 bridgehead atoms. The Hall–Kier alpha value is -1.54. The van der Waals surface area contributed by atoms with Gasteiger partial charge in [-0.15, -0.1) is 23.7 Å². The van der Waals surface area contributed by atoms with Crippen molar-refractivity contribution in [3.05, 3.63) is 41.2 Å². The maximum Gasteiger partial charge on any atom is 0.225 e. The van der Waals surface area contributed by atoms with Crippen molar-refractivity contribution in [2.24, 2.45) is 0 Å². The number of halogens is 1. The molecule has 2 aromatic rings. The number of amides is 1. The molecule has 1 unspecified atom stereocenters. The SMILES string of the molecule is CCN(C(C)=O)c1nc(CN2CCNCC2c2ccncc2)cs1.Cl. The van der Waals surface area contributed by atoms with E-state index >= 15 is 0 Å². The summed E-state index contributed by atoms with van der Waals surface area (Å²) < 4.78 is 0. The number of nitrogens with one attached hydrogen (secondary N) is 1. The van der Waals surface area contributed by atoms with Crippen molar-refractivity contribution in [3.8, 4) is 0 Å². The van der Waals surface area contributed by atoms with Gasteiger partial charge in [-0.25, -0.2) is 4.98 Å². The summed E-state index contributed by atoms with van der Waals surface area (Å²) in [6.07, 6.45) is 3.68. The second kappa shape index (κ2) is 9.24. The zero-order valence-electron chi connectivity index (χ0n) is 14.5. The minimum Gasteiger partial charge on any atom is -0.314 e. The first-order valence-corrected chi connectivity index (χ1v) is 9.14. The van der Waals surface area contributed by atoms with E-state index < -0.39 is 0 Å². The van der Waals surface area contributed by atoms with Gasteiger partial charge in [0.1, 0.15) is 0 Å². The molecule has 1 aliphatic rings. The van der Waals surface area contributed by atoms with E-state index in [0.717, 1.165) is 37.0 Å². The molecule has 25 heavy (non-hydrogen) atoms. The van der Waals surface area contributed by atoms with Crippen LogP contribution in [0.4, 0.5) is 5.13 Å². The van der Waals surface area contributed by atoms with Crippen molar-refractivity contribution in [1.82, 2.24) is 20.2 Å². The van der Waals surface area contributed by atoms with Gasteiger partial charge in [0.2, 0.25) is 5.91 Å². The molecule has 1 N–H and O–H groups in total. The Labute approximate surface area is 158 Å². The van der Waals surface area contributed by atoms with Gasteiger partial charge >= 0.3 is 0 Å². The van der Waals surface area contributed by atoms with Gasteiger partial charge in [-0.2, -0.15) is 0 Å². The lowest BCUT2D eigenvalue weighted by Crippen LogP contribution is -2.45. The van der Waals surface area contributed by atoms with Gasteiger partial charge in [0, 0.05) is 63.5 Å². The lowest BCUT2D eigenvalue weighted by molar-refractivity contribution is -0.116. The first-order chi connectivity index (χ1) is 11.7. The number of piperazine rings is 1. The van der Waals surface area contributed by atoms with E-state index in [1.807, 2.05) is 19.3 Å². The Morgan fingerprint density at radius 2 is 2.20 bits per heavy atom. The fourth-order valence-electron chi connectivity index (χ4n) is 3.04. The summed E-state index contributed by atoms with van der Waals surface area (Å²) in [4.78, 5) is 24.6. The average Bonchev–Trinajstić information content (AvgIpc) is 3.04. The third-order valence-electron chi connectivity index (χ3n) is 4.28. The van der Waals surface area contributed by atoms with Crippen LogP contribution in [0.1, 0.15) is 31.1 Å². The lowest BCUT2D eigenvalue weighted by Gasteiger charge is -2.36. The third-order valence-corrected chi connectivity index (χ3v) is 5.19. The van der Waals surface area contributed by atoms with Crippen LogP contribution in [0.15, 0.2) is 29.9 Å². The van der Waals surface area contributed by atoms with Crippen LogP contribution in [0.25, 0.3) is 0 Å². The molecule has 1 fully saturated rings. The molecule has 0 saturated carbocycles. The number of pyridine rings is 1. The normalized spacial score (nSPS) is 17.8. The zero-order chi connectivity index (χ0) is 16.9. The van der Waals surface area contributed by atoms with Crippen LogP contribution in [0.5, 0.6) is 0 Å². The quantitative estimate of drug-likeness (QED) is 0.862. The van der Waals surface area contributed by atoms with Crippen molar-refractivity contribution >= 4 is 34.8 Å².